The molecule has 1 aliphatic rings. The number of hydrogen-bond acceptors (Lipinski definition) is 4. The summed E-state index contributed by atoms with van der Waals surface area (Å²) in [5.74, 6) is -0.148. The number of non-ortho nitro benzene ring substituents is 1. The molecule has 0 spiro atoms. The van der Waals surface area contributed by atoms with Gasteiger partial charge in [-0.25, -0.2) is 0 Å². The van der Waals surface area contributed by atoms with E-state index < -0.39 is 4.92 Å². The zero-order chi connectivity index (χ0) is 13.3. The molecule has 1 heterocycles. The van der Waals surface area contributed by atoms with Crippen LogP contribution in [0.3, 0.4) is 0 Å². The Morgan fingerprint density at radius 3 is 2.78 bits per heavy atom. The molecule has 1 aromatic carbocycles. The lowest BCUT2D eigenvalue weighted by atomic mass is 10.2. The van der Waals surface area contributed by atoms with Crippen molar-refractivity contribution in [1.29, 1.82) is 0 Å². The first kappa shape index (κ1) is 13.0. The van der Waals surface area contributed by atoms with E-state index in [9.17, 15) is 14.9 Å². The molecule has 7 heteroatoms. The number of nitrogens with zero attached hydrogens (tertiary/aromatic N) is 2. The minimum absolute atomic E-state index is 0.0192. The number of carbonyl (C=O) groups is 1. The number of nitro benzene ring substituents is 1. The number of amides is 1. The van der Waals surface area contributed by atoms with Crippen LogP contribution >= 0.6 is 15.9 Å². The minimum atomic E-state index is -0.495. The first-order chi connectivity index (χ1) is 8.49. The topological polar surface area (TPSA) is 89.5 Å². The van der Waals surface area contributed by atoms with Gasteiger partial charge in [0.05, 0.1) is 10.5 Å². The number of likely N-dealkylation sites (tertiary alicyclic amines) is 1. The summed E-state index contributed by atoms with van der Waals surface area (Å²) in [5.41, 5.74) is 6.13. The number of halogens is 1. The summed E-state index contributed by atoms with van der Waals surface area (Å²) >= 11 is 3.20. The van der Waals surface area contributed by atoms with Crippen molar-refractivity contribution in [3.63, 3.8) is 0 Å². The van der Waals surface area contributed by atoms with Gasteiger partial charge in [0.2, 0.25) is 0 Å². The number of hydrogen-bond donors (Lipinski definition) is 1. The highest BCUT2D eigenvalue weighted by Crippen LogP contribution is 2.25. The maximum absolute atomic E-state index is 12.2. The predicted molar refractivity (Wildman–Crippen MR) is 69.3 cm³/mol. The van der Waals surface area contributed by atoms with E-state index in [1.165, 1.54) is 18.2 Å². The number of benzene rings is 1. The van der Waals surface area contributed by atoms with E-state index in [1.807, 2.05) is 0 Å². The normalized spacial score (nSPS) is 19.0. The molecular weight excluding hydrogens is 302 g/mol. The van der Waals surface area contributed by atoms with Crippen LogP contribution in [0.2, 0.25) is 0 Å². The lowest BCUT2D eigenvalue weighted by Gasteiger charge is -2.16. The quantitative estimate of drug-likeness (QED) is 0.662. The van der Waals surface area contributed by atoms with Crippen molar-refractivity contribution >= 4 is 27.5 Å². The first-order valence-corrected chi connectivity index (χ1v) is 6.27. The number of rotatable bonds is 2. The lowest BCUT2D eigenvalue weighted by Crippen LogP contribution is -2.32. The van der Waals surface area contributed by atoms with Crippen LogP contribution in [0.25, 0.3) is 0 Å². The Labute approximate surface area is 112 Å². The minimum Gasteiger partial charge on any atom is -0.337 e. The fourth-order valence-corrected chi connectivity index (χ4v) is 2.47. The van der Waals surface area contributed by atoms with Gasteiger partial charge in [-0.1, -0.05) is 0 Å². The summed E-state index contributed by atoms with van der Waals surface area (Å²) in [6.45, 7) is 1.16. The molecule has 1 atom stereocenters. The highest BCUT2D eigenvalue weighted by atomic mass is 79.9. The second-order valence-electron chi connectivity index (χ2n) is 4.22. The third-order valence-corrected chi connectivity index (χ3v) is 3.56. The molecule has 0 radical (unpaired) electrons. The van der Waals surface area contributed by atoms with E-state index in [2.05, 4.69) is 15.9 Å². The standard InChI is InChI=1S/C11H12BrN3O3/c12-10-5-8(15(17)18)1-2-9(10)11(16)14-4-3-7(13)6-14/h1-2,5,7H,3-4,6,13H2/t7-/m1/s1. The van der Waals surface area contributed by atoms with Gasteiger partial charge in [0.1, 0.15) is 0 Å². The van der Waals surface area contributed by atoms with Crippen LogP contribution in [0.15, 0.2) is 22.7 Å². The van der Waals surface area contributed by atoms with Crippen molar-refractivity contribution in [2.24, 2.45) is 5.73 Å². The second-order valence-corrected chi connectivity index (χ2v) is 5.08. The monoisotopic (exact) mass is 313 g/mol. The average Bonchev–Trinajstić information content (AvgIpc) is 2.74. The Balaban J connectivity index is 2.23. The molecule has 0 unspecified atom stereocenters. The van der Waals surface area contributed by atoms with E-state index in [0.29, 0.717) is 23.1 Å². The van der Waals surface area contributed by atoms with Crippen LogP contribution in [0.4, 0.5) is 5.69 Å². The van der Waals surface area contributed by atoms with Gasteiger partial charge in [-0.05, 0) is 28.4 Å². The number of carbonyl (C=O) groups excluding carboxylic acids is 1. The molecule has 2 rings (SSSR count). The molecule has 0 aromatic heterocycles. The summed E-state index contributed by atoms with van der Waals surface area (Å²) in [6, 6.07) is 4.15. The van der Waals surface area contributed by atoms with Crippen LogP contribution in [0.5, 0.6) is 0 Å². The zero-order valence-corrected chi connectivity index (χ0v) is 11.1. The second kappa shape index (κ2) is 5.03. The van der Waals surface area contributed by atoms with E-state index >= 15 is 0 Å². The maximum Gasteiger partial charge on any atom is 0.270 e. The van der Waals surface area contributed by atoms with Crippen LogP contribution < -0.4 is 5.73 Å². The summed E-state index contributed by atoms with van der Waals surface area (Å²) in [6.07, 6.45) is 0.788. The number of nitro groups is 1. The van der Waals surface area contributed by atoms with Gasteiger partial charge in [0, 0.05) is 35.7 Å². The van der Waals surface area contributed by atoms with Crippen molar-refractivity contribution < 1.29 is 9.72 Å². The fraction of sp³-hybridized carbons (Fsp3) is 0.364. The highest BCUT2D eigenvalue weighted by Gasteiger charge is 2.26. The fourth-order valence-electron chi connectivity index (χ4n) is 1.93. The molecule has 1 aliphatic heterocycles. The first-order valence-electron chi connectivity index (χ1n) is 5.48. The average molecular weight is 314 g/mol. The molecule has 18 heavy (non-hydrogen) atoms. The number of nitrogens with two attached hydrogens (primary N) is 1. The van der Waals surface area contributed by atoms with E-state index in [0.717, 1.165) is 6.42 Å². The lowest BCUT2D eigenvalue weighted by molar-refractivity contribution is -0.384. The molecule has 96 valence electrons. The molecule has 1 amide bonds. The third-order valence-electron chi connectivity index (χ3n) is 2.91. The Bertz CT molecular complexity index is 506. The Morgan fingerprint density at radius 2 is 2.28 bits per heavy atom. The SMILES string of the molecule is N[C@@H]1CCN(C(=O)c2ccc([N+](=O)[O-])cc2Br)C1. The van der Waals surface area contributed by atoms with E-state index in [4.69, 9.17) is 5.73 Å². The van der Waals surface area contributed by atoms with Crippen LogP contribution in [0.1, 0.15) is 16.8 Å². The summed E-state index contributed by atoms with van der Waals surface area (Å²) < 4.78 is 0.433. The Hall–Kier alpha value is -1.47. The van der Waals surface area contributed by atoms with Gasteiger partial charge in [-0.3, -0.25) is 14.9 Å². The van der Waals surface area contributed by atoms with Gasteiger partial charge in [0.15, 0.2) is 0 Å². The molecule has 1 aromatic rings. The van der Waals surface area contributed by atoms with Crippen molar-refractivity contribution in [1.82, 2.24) is 4.90 Å². The van der Waals surface area contributed by atoms with Crippen molar-refractivity contribution in [3.05, 3.63) is 38.3 Å². The molecular formula is C11H12BrN3O3. The van der Waals surface area contributed by atoms with E-state index in [-0.39, 0.29) is 17.6 Å². The van der Waals surface area contributed by atoms with E-state index in [1.54, 1.807) is 4.90 Å². The van der Waals surface area contributed by atoms with Crippen molar-refractivity contribution in [2.45, 2.75) is 12.5 Å². The van der Waals surface area contributed by atoms with Crippen LogP contribution in [-0.2, 0) is 0 Å². The summed E-state index contributed by atoms with van der Waals surface area (Å²) in [7, 11) is 0. The molecule has 1 saturated heterocycles. The summed E-state index contributed by atoms with van der Waals surface area (Å²) in [5, 5.41) is 10.6. The molecule has 2 N–H and O–H groups in total. The Morgan fingerprint density at radius 1 is 1.56 bits per heavy atom. The van der Waals surface area contributed by atoms with Gasteiger partial charge >= 0.3 is 0 Å². The molecule has 1 fully saturated rings. The van der Waals surface area contributed by atoms with Gasteiger partial charge in [0.25, 0.3) is 11.6 Å². The van der Waals surface area contributed by atoms with Gasteiger partial charge in [-0.15, -0.1) is 0 Å². The maximum atomic E-state index is 12.2. The van der Waals surface area contributed by atoms with Crippen molar-refractivity contribution in [2.75, 3.05) is 13.1 Å². The van der Waals surface area contributed by atoms with Crippen molar-refractivity contribution in [3.8, 4) is 0 Å². The largest absolute Gasteiger partial charge is 0.337 e. The predicted octanol–water partition coefficient (Wildman–Crippen LogP) is 1.53. The summed E-state index contributed by atoms with van der Waals surface area (Å²) in [4.78, 5) is 23.9. The highest BCUT2D eigenvalue weighted by molar-refractivity contribution is 9.10. The molecule has 0 bridgehead atoms. The smallest absolute Gasteiger partial charge is 0.270 e. The Kier molecular flexibility index (Phi) is 3.63. The van der Waals surface area contributed by atoms with Gasteiger partial charge < -0.3 is 10.6 Å². The molecule has 0 saturated carbocycles. The zero-order valence-electron chi connectivity index (χ0n) is 9.51. The third kappa shape index (κ3) is 2.51. The molecule has 6 nitrogen and oxygen atoms in total. The van der Waals surface area contributed by atoms with Gasteiger partial charge in [-0.2, -0.15) is 0 Å². The van der Waals surface area contributed by atoms with Crippen LogP contribution in [0, 0.1) is 10.1 Å². The molecule has 0 aliphatic carbocycles. The van der Waals surface area contributed by atoms with Crippen LogP contribution in [-0.4, -0.2) is 34.9 Å².